The van der Waals surface area contributed by atoms with E-state index in [-0.39, 0.29) is 11.8 Å². The average Bonchev–Trinajstić information content (AvgIpc) is 2.95. The van der Waals surface area contributed by atoms with Gasteiger partial charge in [-0.15, -0.1) is 11.3 Å². The molecule has 0 saturated heterocycles. The Morgan fingerprint density at radius 3 is 2.83 bits per heavy atom. The van der Waals surface area contributed by atoms with Gasteiger partial charge in [-0.3, -0.25) is 0 Å². The Morgan fingerprint density at radius 2 is 2.13 bits per heavy atom. The third-order valence-electron chi connectivity index (χ3n) is 3.31. The zero-order chi connectivity index (χ0) is 16.7. The maximum Gasteiger partial charge on any atom is 0.315 e. The summed E-state index contributed by atoms with van der Waals surface area (Å²) in [6.07, 6.45) is 2.50. The highest BCUT2D eigenvalue weighted by Gasteiger charge is 2.06. The van der Waals surface area contributed by atoms with Gasteiger partial charge < -0.3 is 15.5 Å². The molecule has 0 aliphatic carbocycles. The fourth-order valence-corrected chi connectivity index (χ4v) is 2.85. The Balaban J connectivity index is 1.63. The van der Waals surface area contributed by atoms with Crippen LogP contribution in [-0.4, -0.2) is 31.2 Å². The van der Waals surface area contributed by atoms with E-state index >= 15 is 0 Å². The lowest BCUT2D eigenvalue weighted by molar-refractivity contribution is 0.240. The van der Waals surface area contributed by atoms with Crippen LogP contribution in [-0.2, 0) is 6.54 Å². The minimum Gasteiger partial charge on any atom is -0.372 e. The van der Waals surface area contributed by atoms with Gasteiger partial charge in [0, 0.05) is 31.2 Å². The van der Waals surface area contributed by atoms with E-state index in [1.807, 2.05) is 24.9 Å². The van der Waals surface area contributed by atoms with Crippen LogP contribution < -0.4 is 15.5 Å². The average molecular weight is 336 g/mol. The van der Waals surface area contributed by atoms with E-state index in [1.165, 1.54) is 6.07 Å². The van der Waals surface area contributed by atoms with E-state index in [4.69, 9.17) is 0 Å². The lowest BCUT2D eigenvalue weighted by Crippen LogP contribution is -2.36. The van der Waals surface area contributed by atoms with Gasteiger partial charge in [-0.25, -0.2) is 14.2 Å². The van der Waals surface area contributed by atoms with Crippen LogP contribution in [0.1, 0.15) is 16.3 Å². The molecule has 0 aliphatic rings. The number of hydrogen-bond donors (Lipinski definition) is 2. The monoisotopic (exact) mass is 336 g/mol. The summed E-state index contributed by atoms with van der Waals surface area (Å²) >= 11 is 1.57. The van der Waals surface area contributed by atoms with Crippen LogP contribution in [0.3, 0.4) is 0 Å². The number of urea groups is 1. The minimum atomic E-state index is -0.236. The lowest BCUT2D eigenvalue weighted by Gasteiger charge is -2.19. The number of thiazole rings is 1. The maximum atomic E-state index is 13.6. The minimum absolute atomic E-state index is 0.204. The largest absolute Gasteiger partial charge is 0.372 e. The van der Waals surface area contributed by atoms with Crippen molar-refractivity contribution in [1.29, 1.82) is 0 Å². The number of aryl methyl sites for hydroxylation is 1. The summed E-state index contributed by atoms with van der Waals surface area (Å²) in [5.41, 5.74) is 0.567. The molecule has 0 radical (unpaired) electrons. The molecule has 0 unspecified atom stereocenters. The first-order chi connectivity index (χ1) is 11.1. The normalized spacial score (nSPS) is 10.4. The van der Waals surface area contributed by atoms with E-state index < -0.39 is 0 Å². The van der Waals surface area contributed by atoms with E-state index in [2.05, 4.69) is 15.6 Å². The van der Waals surface area contributed by atoms with Crippen LogP contribution in [0.2, 0.25) is 0 Å². The Morgan fingerprint density at radius 1 is 1.35 bits per heavy atom. The van der Waals surface area contributed by atoms with Gasteiger partial charge in [0.15, 0.2) is 0 Å². The molecule has 0 atom stereocenters. The molecule has 1 heterocycles. The number of benzene rings is 1. The van der Waals surface area contributed by atoms with E-state index in [9.17, 15) is 9.18 Å². The van der Waals surface area contributed by atoms with Crippen molar-refractivity contribution in [3.63, 3.8) is 0 Å². The van der Waals surface area contributed by atoms with Crippen LogP contribution >= 0.6 is 11.3 Å². The first-order valence-electron chi connectivity index (χ1n) is 7.45. The number of carbonyl (C=O) groups excluding carboxylic acids is 1. The predicted octanol–water partition coefficient (Wildman–Crippen LogP) is 2.92. The summed E-state index contributed by atoms with van der Waals surface area (Å²) in [6, 6.07) is 6.46. The molecule has 2 amide bonds. The zero-order valence-electron chi connectivity index (χ0n) is 13.3. The summed E-state index contributed by atoms with van der Waals surface area (Å²) < 4.78 is 13.6. The highest BCUT2D eigenvalue weighted by atomic mass is 32.1. The second kappa shape index (κ2) is 8.47. The predicted molar refractivity (Wildman–Crippen MR) is 91.4 cm³/mol. The number of aromatic nitrogens is 1. The summed E-state index contributed by atoms with van der Waals surface area (Å²) in [7, 11) is 1.84. The fourth-order valence-electron chi connectivity index (χ4n) is 2.12. The summed E-state index contributed by atoms with van der Waals surface area (Å²) in [6.45, 7) is 3.61. The Labute approximate surface area is 139 Å². The van der Waals surface area contributed by atoms with Crippen molar-refractivity contribution in [2.75, 3.05) is 25.0 Å². The van der Waals surface area contributed by atoms with Gasteiger partial charge >= 0.3 is 6.03 Å². The number of carbonyl (C=O) groups is 1. The molecular weight excluding hydrogens is 315 g/mol. The number of amides is 2. The lowest BCUT2D eigenvalue weighted by atomic mass is 10.2. The zero-order valence-corrected chi connectivity index (χ0v) is 14.1. The van der Waals surface area contributed by atoms with Crippen LogP contribution in [0.15, 0.2) is 30.5 Å². The van der Waals surface area contributed by atoms with Gasteiger partial charge in [-0.2, -0.15) is 0 Å². The van der Waals surface area contributed by atoms with Gasteiger partial charge in [-0.1, -0.05) is 12.1 Å². The molecule has 2 aromatic rings. The molecule has 2 N–H and O–H groups in total. The van der Waals surface area contributed by atoms with Crippen molar-refractivity contribution in [2.45, 2.75) is 19.9 Å². The highest BCUT2D eigenvalue weighted by molar-refractivity contribution is 7.11. The standard InChI is InChI=1S/C16H21FN4OS/c1-12-19-10-13(23-12)11-20-16(22)18-8-5-9-21(2)15-7-4-3-6-14(15)17/h3-4,6-7,10H,5,8-9,11H2,1-2H3,(H2,18,20,22). The first kappa shape index (κ1) is 17.2. The SMILES string of the molecule is Cc1ncc(CNC(=O)NCCCN(C)c2ccccc2F)s1. The van der Waals surface area contributed by atoms with Crippen molar-refractivity contribution in [1.82, 2.24) is 15.6 Å². The number of nitrogens with one attached hydrogen (secondary N) is 2. The maximum absolute atomic E-state index is 13.6. The molecule has 0 saturated carbocycles. The quantitative estimate of drug-likeness (QED) is 0.765. The molecule has 1 aromatic heterocycles. The van der Waals surface area contributed by atoms with Crippen LogP contribution in [0.4, 0.5) is 14.9 Å². The number of anilines is 1. The molecule has 2 rings (SSSR count). The Bertz CT molecular complexity index is 647. The van der Waals surface area contributed by atoms with E-state index in [1.54, 1.807) is 29.7 Å². The van der Waals surface area contributed by atoms with Gasteiger partial charge in [0.05, 0.1) is 17.2 Å². The molecule has 23 heavy (non-hydrogen) atoms. The van der Waals surface area contributed by atoms with Gasteiger partial charge in [0.1, 0.15) is 5.82 Å². The number of nitrogens with zero attached hydrogens (tertiary/aromatic N) is 2. The molecule has 7 heteroatoms. The number of hydrogen-bond acceptors (Lipinski definition) is 4. The number of halogens is 1. The smallest absolute Gasteiger partial charge is 0.315 e. The van der Waals surface area contributed by atoms with E-state index in [0.717, 1.165) is 16.3 Å². The summed E-state index contributed by atoms with van der Waals surface area (Å²) in [4.78, 5) is 18.7. The fraction of sp³-hybridized carbons (Fsp3) is 0.375. The van der Waals surface area contributed by atoms with Crippen LogP contribution in [0, 0.1) is 12.7 Å². The molecule has 124 valence electrons. The molecular formula is C16H21FN4OS. The number of para-hydroxylation sites is 1. The van der Waals surface area contributed by atoms with Crippen LogP contribution in [0.25, 0.3) is 0 Å². The Kier molecular flexibility index (Phi) is 6.34. The topological polar surface area (TPSA) is 57.3 Å². The molecule has 0 aliphatic heterocycles. The summed E-state index contributed by atoms with van der Waals surface area (Å²) in [5, 5.41) is 6.57. The third-order valence-corrected chi connectivity index (χ3v) is 4.22. The van der Waals surface area contributed by atoms with E-state index in [0.29, 0.717) is 25.3 Å². The van der Waals surface area contributed by atoms with Gasteiger partial charge in [0.25, 0.3) is 0 Å². The molecule has 0 fully saturated rings. The van der Waals surface area contributed by atoms with Gasteiger partial charge in [-0.05, 0) is 25.5 Å². The van der Waals surface area contributed by atoms with Gasteiger partial charge in [0.2, 0.25) is 0 Å². The molecule has 5 nitrogen and oxygen atoms in total. The molecule has 0 bridgehead atoms. The van der Waals surface area contributed by atoms with Crippen molar-refractivity contribution in [3.8, 4) is 0 Å². The van der Waals surface area contributed by atoms with Crippen molar-refractivity contribution in [2.24, 2.45) is 0 Å². The molecule has 1 aromatic carbocycles. The van der Waals surface area contributed by atoms with Crippen molar-refractivity contribution >= 4 is 23.1 Å². The Hall–Kier alpha value is -2.15. The molecule has 0 spiro atoms. The van der Waals surface area contributed by atoms with Crippen LogP contribution in [0.5, 0.6) is 0 Å². The number of rotatable bonds is 7. The third kappa shape index (κ3) is 5.52. The van der Waals surface area contributed by atoms with Crippen molar-refractivity contribution in [3.05, 3.63) is 46.2 Å². The highest BCUT2D eigenvalue weighted by Crippen LogP contribution is 2.16. The van der Waals surface area contributed by atoms with Crippen molar-refractivity contribution < 1.29 is 9.18 Å². The first-order valence-corrected chi connectivity index (χ1v) is 8.26. The summed E-state index contributed by atoms with van der Waals surface area (Å²) in [5.74, 6) is -0.236. The second-order valence-electron chi connectivity index (χ2n) is 5.18. The second-order valence-corrected chi connectivity index (χ2v) is 6.50.